The minimum absolute atomic E-state index is 0.00193. The molecule has 124 valence electrons. The van der Waals surface area contributed by atoms with Gasteiger partial charge in [-0.25, -0.2) is 0 Å². The van der Waals surface area contributed by atoms with Crippen molar-refractivity contribution in [2.45, 2.75) is 96.3 Å². The normalized spacial score (nSPS) is 38.8. The van der Waals surface area contributed by atoms with Gasteiger partial charge in [-0.15, -0.1) is 0 Å². The SMILES string of the molecule is CC(C)(C)OC(=O)C12CCC(B3OC(C)(C)C(C)(C)O3)(C1)C2. The van der Waals surface area contributed by atoms with Crippen molar-refractivity contribution in [1.29, 1.82) is 0 Å². The Morgan fingerprint density at radius 1 is 1.00 bits per heavy atom. The summed E-state index contributed by atoms with van der Waals surface area (Å²) in [7, 11) is -0.199. The molecular formula is C17H29BO4. The highest BCUT2D eigenvalue weighted by atomic mass is 16.7. The van der Waals surface area contributed by atoms with Crippen molar-refractivity contribution < 1.29 is 18.8 Å². The van der Waals surface area contributed by atoms with Gasteiger partial charge < -0.3 is 14.0 Å². The molecule has 0 aromatic carbocycles. The van der Waals surface area contributed by atoms with Gasteiger partial charge in [0.1, 0.15) is 5.60 Å². The summed E-state index contributed by atoms with van der Waals surface area (Å²) in [4.78, 5) is 12.5. The van der Waals surface area contributed by atoms with Gasteiger partial charge in [-0.1, -0.05) is 0 Å². The maximum atomic E-state index is 12.5. The molecule has 4 aliphatic rings. The van der Waals surface area contributed by atoms with Crippen LogP contribution in [0.2, 0.25) is 5.31 Å². The van der Waals surface area contributed by atoms with E-state index in [0.29, 0.717) is 0 Å². The van der Waals surface area contributed by atoms with Gasteiger partial charge in [-0.3, -0.25) is 4.79 Å². The van der Waals surface area contributed by atoms with Crippen LogP contribution in [0.15, 0.2) is 0 Å². The molecule has 4 nitrogen and oxygen atoms in total. The van der Waals surface area contributed by atoms with Gasteiger partial charge in [0.25, 0.3) is 0 Å². The molecule has 4 rings (SSSR count). The van der Waals surface area contributed by atoms with Crippen molar-refractivity contribution in [3.05, 3.63) is 0 Å². The van der Waals surface area contributed by atoms with Crippen LogP contribution in [0.3, 0.4) is 0 Å². The number of carbonyl (C=O) groups excluding carboxylic acids is 1. The van der Waals surface area contributed by atoms with Crippen LogP contribution in [0.1, 0.15) is 74.1 Å². The van der Waals surface area contributed by atoms with Crippen LogP contribution in [0.5, 0.6) is 0 Å². The van der Waals surface area contributed by atoms with Crippen molar-refractivity contribution in [3.8, 4) is 0 Å². The Labute approximate surface area is 134 Å². The van der Waals surface area contributed by atoms with E-state index in [1.54, 1.807) is 0 Å². The van der Waals surface area contributed by atoms with Crippen LogP contribution < -0.4 is 0 Å². The van der Waals surface area contributed by atoms with Crippen LogP contribution >= 0.6 is 0 Å². The number of ether oxygens (including phenoxy) is 1. The summed E-state index contributed by atoms with van der Waals surface area (Å²) in [6.45, 7) is 14.1. The van der Waals surface area contributed by atoms with Crippen LogP contribution in [0.25, 0.3) is 0 Å². The standard InChI is InChI=1S/C17H29BO4/c1-13(2,3)20-12(19)16-8-9-17(10-16,11-16)18-21-14(4,5)15(6,7)22-18/h8-11H2,1-7H3. The Kier molecular flexibility index (Phi) is 3.19. The average molecular weight is 308 g/mol. The van der Waals surface area contributed by atoms with Crippen LogP contribution in [-0.2, 0) is 18.8 Å². The number of fused-ring (bicyclic) bond motifs is 1. The lowest BCUT2D eigenvalue weighted by Crippen LogP contribution is -2.49. The Morgan fingerprint density at radius 3 is 1.95 bits per heavy atom. The van der Waals surface area contributed by atoms with Gasteiger partial charge in [-0.05, 0) is 74.1 Å². The summed E-state index contributed by atoms with van der Waals surface area (Å²) in [6.07, 6.45) is 3.56. The van der Waals surface area contributed by atoms with Gasteiger partial charge in [0.2, 0.25) is 0 Å². The van der Waals surface area contributed by atoms with E-state index < -0.39 is 5.60 Å². The first-order valence-electron chi connectivity index (χ1n) is 8.40. The summed E-state index contributed by atoms with van der Waals surface area (Å²) < 4.78 is 18.1. The van der Waals surface area contributed by atoms with E-state index in [0.717, 1.165) is 25.7 Å². The molecule has 22 heavy (non-hydrogen) atoms. The summed E-state index contributed by atoms with van der Waals surface area (Å²) in [5, 5.41) is 0.00193. The summed E-state index contributed by atoms with van der Waals surface area (Å²) in [5.74, 6) is -0.0374. The number of esters is 1. The first-order valence-corrected chi connectivity index (χ1v) is 8.40. The van der Waals surface area contributed by atoms with Crippen LogP contribution in [-0.4, -0.2) is 29.9 Å². The molecule has 1 heterocycles. The van der Waals surface area contributed by atoms with E-state index in [9.17, 15) is 4.79 Å². The van der Waals surface area contributed by atoms with E-state index in [1.807, 2.05) is 20.8 Å². The van der Waals surface area contributed by atoms with E-state index in [1.165, 1.54) is 0 Å². The molecule has 0 atom stereocenters. The zero-order chi connectivity index (χ0) is 16.6. The molecule has 3 aliphatic carbocycles. The highest BCUT2D eigenvalue weighted by Gasteiger charge is 2.73. The predicted molar refractivity (Wildman–Crippen MR) is 85.5 cm³/mol. The smallest absolute Gasteiger partial charge is 0.460 e. The highest BCUT2D eigenvalue weighted by Crippen LogP contribution is 2.74. The molecule has 0 N–H and O–H groups in total. The molecule has 1 saturated heterocycles. The first kappa shape index (κ1) is 16.3. The van der Waals surface area contributed by atoms with E-state index in [2.05, 4.69) is 27.7 Å². The second kappa shape index (κ2) is 4.30. The van der Waals surface area contributed by atoms with Gasteiger partial charge in [0.05, 0.1) is 16.6 Å². The fraction of sp³-hybridized carbons (Fsp3) is 0.941. The Balaban J connectivity index is 1.70. The molecule has 0 unspecified atom stereocenters. The largest absolute Gasteiger partial charge is 0.464 e. The molecule has 0 aromatic rings. The van der Waals surface area contributed by atoms with Gasteiger partial charge >= 0.3 is 13.1 Å². The fourth-order valence-corrected chi connectivity index (χ4v) is 4.15. The highest BCUT2D eigenvalue weighted by molar-refractivity contribution is 6.50. The van der Waals surface area contributed by atoms with E-state index in [-0.39, 0.29) is 35.0 Å². The molecule has 2 bridgehead atoms. The molecule has 0 spiro atoms. The maximum absolute atomic E-state index is 12.5. The summed E-state index contributed by atoms with van der Waals surface area (Å²) >= 11 is 0. The number of rotatable bonds is 2. The average Bonchev–Trinajstić information content (AvgIpc) is 2.85. The second-order valence-corrected chi connectivity index (χ2v) is 9.59. The lowest BCUT2D eigenvalue weighted by molar-refractivity contribution is -0.172. The van der Waals surface area contributed by atoms with E-state index >= 15 is 0 Å². The molecule has 5 heteroatoms. The molecule has 1 aliphatic heterocycles. The molecular weight excluding hydrogens is 279 g/mol. The minimum Gasteiger partial charge on any atom is -0.460 e. The Morgan fingerprint density at radius 2 is 1.50 bits per heavy atom. The predicted octanol–water partition coefficient (Wildman–Crippen LogP) is 3.73. The van der Waals surface area contributed by atoms with Gasteiger partial charge in [-0.2, -0.15) is 0 Å². The summed E-state index contributed by atoms with van der Waals surface area (Å²) in [6, 6.07) is 0. The van der Waals surface area contributed by atoms with Crippen molar-refractivity contribution in [3.63, 3.8) is 0 Å². The zero-order valence-corrected chi connectivity index (χ0v) is 15.0. The molecule has 0 aromatic heterocycles. The Bertz CT molecular complexity index is 481. The zero-order valence-electron chi connectivity index (χ0n) is 15.0. The van der Waals surface area contributed by atoms with Gasteiger partial charge in [0.15, 0.2) is 0 Å². The van der Waals surface area contributed by atoms with Crippen LogP contribution in [0, 0.1) is 5.41 Å². The maximum Gasteiger partial charge on any atom is 0.464 e. The molecule has 3 saturated carbocycles. The third-order valence-corrected chi connectivity index (χ3v) is 6.07. The van der Waals surface area contributed by atoms with Crippen molar-refractivity contribution in [2.75, 3.05) is 0 Å². The van der Waals surface area contributed by atoms with Crippen molar-refractivity contribution in [1.82, 2.24) is 0 Å². The second-order valence-electron chi connectivity index (χ2n) is 9.59. The van der Waals surface area contributed by atoms with Crippen molar-refractivity contribution >= 4 is 13.1 Å². The molecule has 0 radical (unpaired) electrons. The lowest BCUT2D eigenvalue weighted by atomic mass is 9.44. The number of hydrogen-bond acceptors (Lipinski definition) is 4. The Hall–Kier alpha value is -0.545. The number of carbonyl (C=O) groups is 1. The van der Waals surface area contributed by atoms with E-state index in [4.69, 9.17) is 14.0 Å². The number of hydrogen-bond donors (Lipinski definition) is 0. The van der Waals surface area contributed by atoms with Gasteiger partial charge in [0, 0.05) is 5.31 Å². The van der Waals surface area contributed by atoms with Crippen molar-refractivity contribution in [2.24, 2.45) is 5.41 Å². The topological polar surface area (TPSA) is 44.8 Å². The first-order chi connectivity index (χ1) is 9.81. The monoisotopic (exact) mass is 308 g/mol. The molecule has 4 fully saturated rings. The quantitative estimate of drug-likeness (QED) is 0.576. The van der Waals surface area contributed by atoms with Crippen LogP contribution in [0.4, 0.5) is 0 Å². The summed E-state index contributed by atoms with van der Waals surface area (Å²) in [5.41, 5.74) is -1.33. The lowest BCUT2D eigenvalue weighted by Gasteiger charge is -2.47. The fourth-order valence-electron chi connectivity index (χ4n) is 4.15. The minimum atomic E-state index is -0.420. The third kappa shape index (κ3) is 2.23. The third-order valence-electron chi connectivity index (χ3n) is 6.07. The molecule has 0 amide bonds.